The van der Waals surface area contributed by atoms with Crippen molar-refractivity contribution in [3.8, 4) is 5.75 Å². The van der Waals surface area contributed by atoms with Crippen LogP contribution in [0, 0.1) is 6.92 Å². The van der Waals surface area contributed by atoms with Gasteiger partial charge in [-0.15, -0.1) is 0 Å². The fourth-order valence-electron chi connectivity index (χ4n) is 2.71. The van der Waals surface area contributed by atoms with Crippen LogP contribution in [0.25, 0.3) is 0 Å². The number of hydrogen-bond acceptors (Lipinski definition) is 3. The summed E-state index contributed by atoms with van der Waals surface area (Å²) in [6.45, 7) is 5.33. The van der Waals surface area contributed by atoms with Gasteiger partial charge < -0.3 is 15.4 Å². The lowest BCUT2D eigenvalue weighted by Crippen LogP contribution is -2.25. The van der Waals surface area contributed by atoms with Gasteiger partial charge in [-0.05, 0) is 30.5 Å². The van der Waals surface area contributed by atoms with E-state index in [2.05, 4.69) is 42.7 Å². The molecule has 128 valence electrons. The first-order chi connectivity index (χ1) is 11.7. The van der Waals surface area contributed by atoms with Gasteiger partial charge in [-0.3, -0.25) is 4.79 Å². The molecular formula is C20H26N2O2. The van der Waals surface area contributed by atoms with Gasteiger partial charge in [-0.25, -0.2) is 0 Å². The zero-order chi connectivity index (χ0) is 17.4. The van der Waals surface area contributed by atoms with Crippen LogP contribution in [0.3, 0.4) is 0 Å². The second-order valence-electron chi connectivity index (χ2n) is 5.73. The van der Waals surface area contributed by atoms with Crippen LogP contribution in [0.5, 0.6) is 5.75 Å². The second-order valence-corrected chi connectivity index (χ2v) is 5.73. The highest BCUT2D eigenvalue weighted by molar-refractivity contribution is 5.76. The third-order valence-electron chi connectivity index (χ3n) is 4.06. The Labute approximate surface area is 144 Å². The van der Waals surface area contributed by atoms with Gasteiger partial charge in [0, 0.05) is 30.8 Å². The summed E-state index contributed by atoms with van der Waals surface area (Å²) in [5, 5.41) is 6.34. The number of hydrogen-bond donors (Lipinski definition) is 2. The van der Waals surface area contributed by atoms with E-state index in [4.69, 9.17) is 4.74 Å². The highest BCUT2D eigenvalue weighted by Gasteiger charge is 2.07. The topological polar surface area (TPSA) is 50.4 Å². The first-order valence-corrected chi connectivity index (χ1v) is 8.36. The van der Waals surface area contributed by atoms with Gasteiger partial charge >= 0.3 is 0 Å². The maximum Gasteiger partial charge on any atom is 0.222 e. The molecule has 1 amide bonds. The molecule has 0 atom stereocenters. The van der Waals surface area contributed by atoms with Crippen molar-refractivity contribution in [2.24, 2.45) is 0 Å². The molecule has 0 aliphatic carbocycles. The van der Waals surface area contributed by atoms with E-state index in [1.54, 1.807) is 7.11 Å². The van der Waals surface area contributed by atoms with E-state index in [0.717, 1.165) is 23.4 Å². The van der Waals surface area contributed by atoms with Gasteiger partial charge in [0.2, 0.25) is 5.91 Å². The van der Waals surface area contributed by atoms with Crippen molar-refractivity contribution in [2.75, 3.05) is 19.0 Å². The molecule has 2 aromatic rings. The van der Waals surface area contributed by atoms with Crippen molar-refractivity contribution in [2.45, 2.75) is 33.2 Å². The summed E-state index contributed by atoms with van der Waals surface area (Å²) in [7, 11) is 1.64. The molecule has 4 heteroatoms. The van der Waals surface area contributed by atoms with Crippen molar-refractivity contribution in [3.05, 3.63) is 59.2 Å². The maximum absolute atomic E-state index is 12.1. The van der Waals surface area contributed by atoms with E-state index >= 15 is 0 Å². The minimum Gasteiger partial charge on any atom is -0.496 e. The Morgan fingerprint density at radius 1 is 1.08 bits per heavy atom. The Morgan fingerprint density at radius 3 is 2.58 bits per heavy atom. The number of rotatable bonds is 8. The number of ether oxygens (including phenoxy) is 1. The van der Waals surface area contributed by atoms with Gasteiger partial charge in [0.15, 0.2) is 0 Å². The molecule has 2 rings (SSSR count). The lowest BCUT2D eigenvalue weighted by atomic mass is 10.1. The number of aryl methyl sites for hydroxylation is 2. The number of para-hydroxylation sites is 2. The zero-order valence-electron chi connectivity index (χ0n) is 14.7. The molecule has 0 bridgehead atoms. The van der Waals surface area contributed by atoms with Crippen LogP contribution in [0.1, 0.15) is 30.0 Å². The molecule has 0 saturated carbocycles. The van der Waals surface area contributed by atoms with E-state index in [9.17, 15) is 4.79 Å². The number of carbonyl (C=O) groups excluding carboxylic acids is 1. The lowest BCUT2D eigenvalue weighted by molar-refractivity contribution is -0.121. The van der Waals surface area contributed by atoms with Crippen LogP contribution in [0.4, 0.5) is 5.69 Å². The zero-order valence-corrected chi connectivity index (χ0v) is 14.7. The largest absolute Gasteiger partial charge is 0.496 e. The molecule has 2 N–H and O–H groups in total. The summed E-state index contributed by atoms with van der Waals surface area (Å²) >= 11 is 0. The Morgan fingerprint density at radius 2 is 1.83 bits per heavy atom. The normalized spacial score (nSPS) is 10.3. The fourth-order valence-corrected chi connectivity index (χ4v) is 2.71. The molecule has 0 radical (unpaired) electrons. The minimum absolute atomic E-state index is 0.0278. The number of nitrogens with one attached hydrogen (secondary N) is 2. The standard InChI is InChI=1S/C20H26N2O2/c1-4-16-10-7-8-15(2)20(16)21-13-12-19(23)22-14-17-9-5-6-11-18(17)24-3/h5-11,21H,4,12-14H2,1-3H3,(H,22,23). The Kier molecular flexibility index (Phi) is 6.67. The summed E-state index contributed by atoms with van der Waals surface area (Å²) < 4.78 is 5.29. The molecule has 0 fully saturated rings. The molecule has 0 spiro atoms. The van der Waals surface area contributed by atoms with Gasteiger partial charge in [0.1, 0.15) is 5.75 Å². The number of amides is 1. The second kappa shape index (κ2) is 8.96. The first-order valence-electron chi connectivity index (χ1n) is 8.36. The Balaban J connectivity index is 1.82. The summed E-state index contributed by atoms with van der Waals surface area (Å²) in [5.74, 6) is 0.823. The predicted octanol–water partition coefficient (Wildman–Crippen LogP) is 3.68. The van der Waals surface area contributed by atoms with Crippen molar-refractivity contribution in [1.29, 1.82) is 0 Å². The average Bonchev–Trinajstić information content (AvgIpc) is 2.61. The SMILES string of the molecule is CCc1cccc(C)c1NCCC(=O)NCc1ccccc1OC. The Hall–Kier alpha value is -2.49. The fraction of sp³-hybridized carbons (Fsp3) is 0.350. The molecule has 0 aliphatic rings. The van der Waals surface area contributed by atoms with E-state index in [1.165, 1.54) is 11.1 Å². The van der Waals surface area contributed by atoms with Crippen LogP contribution in [-0.2, 0) is 17.8 Å². The minimum atomic E-state index is 0.0278. The maximum atomic E-state index is 12.1. The van der Waals surface area contributed by atoms with Crippen LogP contribution < -0.4 is 15.4 Å². The van der Waals surface area contributed by atoms with Gasteiger partial charge in [-0.1, -0.05) is 43.3 Å². The van der Waals surface area contributed by atoms with E-state index in [0.29, 0.717) is 19.5 Å². The summed E-state index contributed by atoms with van der Waals surface area (Å²) in [4.78, 5) is 12.1. The van der Waals surface area contributed by atoms with Crippen LogP contribution in [0.15, 0.2) is 42.5 Å². The highest BCUT2D eigenvalue weighted by Crippen LogP contribution is 2.21. The first kappa shape index (κ1) is 17.9. The molecular weight excluding hydrogens is 300 g/mol. The van der Waals surface area contributed by atoms with Crippen LogP contribution >= 0.6 is 0 Å². The molecule has 0 heterocycles. The molecule has 4 nitrogen and oxygen atoms in total. The van der Waals surface area contributed by atoms with Gasteiger partial charge in [0.25, 0.3) is 0 Å². The monoisotopic (exact) mass is 326 g/mol. The average molecular weight is 326 g/mol. The van der Waals surface area contributed by atoms with Gasteiger partial charge in [0.05, 0.1) is 7.11 Å². The number of benzene rings is 2. The van der Waals surface area contributed by atoms with Crippen molar-refractivity contribution >= 4 is 11.6 Å². The van der Waals surface area contributed by atoms with Crippen molar-refractivity contribution < 1.29 is 9.53 Å². The molecule has 0 saturated heterocycles. The molecule has 24 heavy (non-hydrogen) atoms. The number of carbonyl (C=O) groups is 1. The van der Waals surface area contributed by atoms with Crippen LogP contribution in [0.2, 0.25) is 0 Å². The van der Waals surface area contributed by atoms with Crippen LogP contribution in [-0.4, -0.2) is 19.6 Å². The van der Waals surface area contributed by atoms with Crippen molar-refractivity contribution in [3.63, 3.8) is 0 Å². The van der Waals surface area contributed by atoms with E-state index in [1.807, 2.05) is 24.3 Å². The van der Waals surface area contributed by atoms with Crippen molar-refractivity contribution in [1.82, 2.24) is 5.32 Å². The Bertz CT molecular complexity index is 683. The number of anilines is 1. The summed E-state index contributed by atoms with van der Waals surface area (Å²) in [6, 6.07) is 14.0. The highest BCUT2D eigenvalue weighted by atomic mass is 16.5. The summed E-state index contributed by atoms with van der Waals surface area (Å²) in [5.41, 5.74) is 4.62. The lowest BCUT2D eigenvalue weighted by Gasteiger charge is -2.14. The van der Waals surface area contributed by atoms with E-state index in [-0.39, 0.29) is 5.91 Å². The van der Waals surface area contributed by atoms with E-state index < -0.39 is 0 Å². The predicted molar refractivity (Wildman–Crippen MR) is 98.5 cm³/mol. The quantitative estimate of drug-likeness (QED) is 0.778. The molecule has 0 unspecified atom stereocenters. The molecule has 0 aliphatic heterocycles. The molecule has 0 aromatic heterocycles. The third-order valence-corrected chi connectivity index (χ3v) is 4.06. The summed E-state index contributed by atoms with van der Waals surface area (Å²) in [6.07, 6.45) is 1.41. The number of methoxy groups -OCH3 is 1. The third kappa shape index (κ3) is 4.75. The van der Waals surface area contributed by atoms with Gasteiger partial charge in [-0.2, -0.15) is 0 Å². The smallest absolute Gasteiger partial charge is 0.222 e. The molecule has 2 aromatic carbocycles.